The number of esters is 1. The molecule has 2 nitrogen and oxygen atoms in total. The van der Waals surface area contributed by atoms with Gasteiger partial charge in [-0.25, -0.2) is 4.79 Å². The number of carbonyl (C=O) groups is 1. The van der Waals surface area contributed by atoms with Crippen LogP contribution in [0.5, 0.6) is 0 Å². The normalized spacial score (nSPS) is 17.1. The Bertz CT molecular complexity index is 330. The van der Waals surface area contributed by atoms with E-state index in [1.165, 1.54) is 12.8 Å². The quantitative estimate of drug-likeness (QED) is 0.366. The smallest absolute Gasteiger partial charge is 0.340 e. The minimum absolute atomic E-state index is 0.0865. The molecule has 0 N–H and O–H groups in total. The van der Waals surface area contributed by atoms with E-state index in [4.69, 9.17) is 4.74 Å². The van der Waals surface area contributed by atoms with Gasteiger partial charge in [-0.15, -0.1) is 0 Å². The van der Waals surface area contributed by atoms with Crippen LogP contribution in [-0.2, 0) is 9.53 Å². The molecule has 0 spiro atoms. The molecule has 90 valence electrons. The first-order chi connectivity index (χ1) is 7.56. The average molecular weight is 417 g/mol. The van der Waals surface area contributed by atoms with Crippen molar-refractivity contribution in [2.75, 3.05) is 0 Å². The van der Waals surface area contributed by atoms with Gasteiger partial charge < -0.3 is 4.74 Å². The molecule has 1 aliphatic heterocycles. The molecule has 1 heterocycles. The third-order valence-corrected chi connectivity index (χ3v) is 4.04. The Morgan fingerprint density at radius 2 is 2.12 bits per heavy atom. The lowest BCUT2D eigenvalue weighted by atomic mass is 10.1. The van der Waals surface area contributed by atoms with Crippen molar-refractivity contribution in [1.82, 2.24) is 0 Å². The summed E-state index contributed by atoms with van der Waals surface area (Å²) in [7, 11) is 0. The molecule has 0 aliphatic carbocycles. The zero-order chi connectivity index (χ0) is 12.1. The molecule has 1 unspecified atom stereocenters. The molecule has 0 aromatic carbocycles. The second kappa shape index (κ2) is 6.97. The molecule has 1 aliphatic rings. The minimum Gasteiger partial charge on any atom is -0.421 e. The number of hydrogen-bond donors (Lipinski definition) is 0. The van der Waals surface area contributed by atoms with E-state index >= 15 is 0 Å². The van der Waals surface area contributed by atoms with Gasteiger partial charge in [-0.3, -0.25) is 0 Å². The maximum absolute atomic E-state index is 11.6. The van der Waals surface area contributed by atoms with Crippen molar-refractivity contribution in [3.8, 4) is 0 Å². The Morgan fingerprint density at radius 1 is 1.44 bits per heavy atom. The van der Waals surface area contributed by atoms with Crippen LogP contribution < -0.4 is 0 Å². The number of allylic oxidation sites excluding steroid dienone is 1. The Labute approximate surface area is 121 Å². The summed E-state index contributed by atoms with van der Waals surface area (Å²) >= 11 is 9.99. The standard InChI is InChI=1S/C11H13Br3O2/c1-2-3-4-5-8(12)7-6-9(10(13)14)16-11(7)15/h6,8H,2-5H2,1H3. The number of rotatable bonds is 5. The zero-order valence-corrected chi connectivity index (χ0v) is 13.7. The predicted molar refractivity (Wildman–Crippen MR) is 75.9 cm³/mol. The van der Waals surface area contributed by atoms with Gasteiger partial charge in [0.1, 0.15) is 3.39 Å². The number of hydrogen-bond acceptors (Lipinski definition) is 2. The van der Waals surface area contributed by atoms with Gasteiger partial charge in [-0.2, -0.15) is 0 Å². The maximum atomic E-state index is 11.6. The summed E-state index contributed by atoms with van der Waals surface area (Å²) in [5.74, 6) is 0.282. The molecule has 1 rings (SSSR count). The van der Waals surface area contributed by atoms with E-state index in [2.05, 4.69) is 54.7 Å². The molecule has 0 radical (unpaired) electrons. The van der Waals surface area contributed by atoms with E-state index < -0.39 is 0 Å². The monoisotopic (exact) mass is 414 g/mol. The van der Waals surface area contributed by atoms with E-state index in [9.17, 15) is 4.79 Å². The number of halogens is 3. The van der Waals surface area contributed by atoms with E-state index in [1.807, 2.05) is 0 Å². The van der Waals surface area contributed by atoms with Gasteiger partial charge >= 0.3 is 5.97 Å². The second-order valence-electron chi connectivity index (χ2n) is 3.58. The number of cyclic esters (lactones) is 1. The predicted octanol–water partition coefficient (Wildman–Crippen LogP) is 4.77. The molecule has 0 saturated heterocycles. The molecule has 16 heavy (non-hydrogen) atoms. The van der Waals surface area contributed by atoms with Gasteiger partial charge in [0.15, 0.2) is 5.76 Å². The van der Waals surface area contributed by atoms with E-state index in [0.29, 0.717) is 14.7 Å². The van der Waals surface area contributed by atoms with E-state index in [0.717, 1.165) is 12.8 Å². The summed E-state index contributed by atoms with van der Waals surface area (Å²) < 4.78 is 5.75. The third-order valence-electron chi connectivity index (χ3n) is 2.31. The Hall–Kier alpha value is 0.390. The average Bonchev–Trinajstić information content (AvgIpc) is 2.61. The van der Waals surface area contributed by atoms with Crippen LogP contribution in [0.25, 0.3) is 0 Å². The summed E-state index contributed by atoms with van der Waals surface area (Å²) in [6.07, 6.45) is 6.22. The highest BCUT2D eigenvalue weighted by Crippen LogP contribution is 2.32. The molecule has 0 saturated carbocycles. The van der Waals surface area contributed by atoms with Crippen LogP contribution in [0.2, 0.25) is 0 Å². The van der Waals surface area contributed by atoms with Gasteiger partial charge in [0.25, 0.3) is 0 Å². The van der Waals surface area contributed by atoms with E-state index in [1.54, 1.807) is 6.08 Å². The molecule has 0 aromatic rings. The minimum atomic E-state index is -0.259. The van der Waals surface area contributed by atoms with Gasteiger partial charge in [-0.1, -0.05) is 42.1 Å². The molecule has 1 atom stereocenters. The summed E-state index contributed by atoms with van der Waals surface area (Å²) in [6, 6.07) is 0. The van der Waals surface area contributed by atoms with Crippen molar-refractivity contribution in [3.05, 3.63) is 20.8 Å². The summed E-state index contributed by atoms with van der Waals surface area (Å²) in [4.78, 5) is 11.7. The Balaban J connectivity index is 2.62. The van der Waals surface area contributed by atoms with Gasteiger partial charge in [0.2, 0.25) is 0 Å². The van der Waals surface area contributed by atoms with Crippen molar-refractivity contribution in [3.63, 3.8) is 0 Å². The fraction of sp³-hybridized carbons (Fsp3) is 0.545. The number of unbranched alkanes of at least 4 members (excludes halogenated alkanes) is 2. The fourth-order valence-electron chi connectivity index (χ4n) is 1.43. The van der Waals surface area contributed by atoms with Crippen molar-refractivity contribution >= 4 is 53.8 Å². The van der Waals surface area contributed by atoms with Crippen LogP contribution in [0, 0.1) is 0 Å². The molecular formula is C11H13Br3O2. The van der Waals surface area contributed by atoms with Crippen LogP contribution in [0.4, 0.5) is 0 Å². The molecule has 0 bridgehead atoms. The molecule has 0 amide bonds. The van der Waals surface area contributed by atoms with Crippen LogP contribution in [0.15, 0.2) is 20.8 Å². The fourth-order valence-corrected chi connectivity index (χ4v) is 2.46. The lowest BCUT2D eigenvalue weighted by molar-refractivity contribution is -0.133. The molecule has 5 heteroatoms. The highest BCUT2D eigenvalue weighted by molar-refractivity contribution is 9.28. The lowest BCUT2D eigenvalue weighted by Crippen LogP contribution is -2.10. The third kappa shape index (κ3) is 4.00. The first-order valence-corrected chi connectivity index (χ1v) is 7.69. The summed E-state index contributed by atoms with van der Waals surface area (Å²) in [5.41, 5.74) is 0.697. The van der Waals surface area contributed by atoms with Crippen molar-refractivity contribution in [2.24, 2.45) is 0 Å². The van der Waals surface area contributed by atoms with Crippen molar-refractivity contribution in [1.29, 1.82) is 0 Å². The molecule has 0 fully saturated rings. The zero-order valence-electron chi connectivity index (χ0n) is 8.93. The van der Waals surface area contributed by atoms with Crippen molar-refractivity contribution in [2.45, 2.75) is 37.4 Å². The highest BCUT2D eigenvalue weighted by Gasteiger charge is 2.27. The molecule has 0 aromatic heterocycles. The summed E-state index contributed by atoms with van der Waals surface area (Å²) in [6.45, 7) is 2.16. The largest absolute Gasteiger partial charge is 0.421 e. The number of ether oxygens (including phenoxy) is 1. The summed E-state index contributed by atoms with van der Waals surface area (Å²) in [5, 5.41) is 0. The van der Waals surface area contributed by atoms with E-state index in [-0.39, 0.29) is 10.8 Å². The topological polar surface area (TPSA) is 26.3 Å². The molecular weight excluding hydrogens is 404 g/mol. The van der Waals surface area contributed by atoms with Gasteiger partial charge in [0, 0.05) is 4.83 Å². The maximum Gasteiger partial charge on any atom is 0.340 e. The van der Waals surface area contributed by atoms with Crippen LogP contribution in [0.3, 0.4) is 0 Å². The van der Waals surface area contributed by atoms with Crippen LogP contribution in [0.1, 0.15) is 32.6 Å². The first kappa shape index (κ1) is 14.5. The van der Waals surface area contributed by atoms with Gasteiger partial charge in [-0.05, 0) is 44.4 Å². The van der Waals surface area contributed by atoms with Crippen LogP contribution in [-0.4, -0.2) is 10.8 Å². The number of carbonyl (C=O) groups excluding carboxylic acids is 1. The Morgan fingerprint density at radius 3 is 2.62 bits per heavy atom. The SMILES string of the molecule is CCCCCC(Br)C1=CC(=C(Br)Br)OC1=O. The van der Waals surface area contributed by atoms with Crippen LogP contribution >= 0.6 is 47.8 Å². The lowest BCUT2D eigenvalue weighted by Gasteiger charge is -2.07. The van der Waals surface area contributed by atoms with Crippen molar-refractivity contribution < 1.29 is 9.53 Å². The Kier molecular flexibility index (Phi) is 6.29. The highest BCUT2D eigenvalue weighted by atomic mass is 79.9. The number of alkyl halides is 1. The second-order valence-corrected chi connectivity index (χ2v) is 7.33. The first-order valence-electron chi connectivity index (χ1n) is 5.19. The van der Waals surface area contributed by atoms with Gasteiger partial charge in [0.05, 0.1) is 5.57 Å².